The zero-order valence-corrected chi connectivity index (χ0v) is 17.6. The lowest BCUT2D eigenvalue weighted by Crippen LogP contribution is -2.41. The van der Waals surface area contributed by atoms with E-state index in [1.165, 1.54) is 9.87 Å². The number of rotatable bonds is 7. The molecule has 1 aromatic carbocycles. The molecule has 1 aromatic rings. The van der Waals surface area contributed by atoms with Gasteiger partial charge < -0.3 is 20.1 Å². The van der Waals surface area contributed by atoms with Crippen molar-refractivity contribution >= 4 is 16.0 Å². The third kappa shape index (κ3) is 4.88. The molecule has 8 nitrogen and oxygen atoms in total. The minimum absolute atomic E-state index is 0.184. The van der Waals surface area contributed by atoms with Gasteiger partial charge in [0.05, 0.1) is 12.4 Å². The van der Waals surface area contributed by atoms with Gasteiger partial charge in [-0.3, -0.25) is 4.99 Å². The van der Waals surface area contributed by atoms with E-state index in [1.54, 1.807) is 7.05 Å². The van der Waals surface area contributed by atoms with Gasteiger partial charge in [0.1, 0.15) is 17.6 Å². The molecular weight excluding hydrogens is 380 g/mol. The number of hydrogen-bond donors (Lipinski definition) is 2. The molecule has 28 heavy (non-hydrogen) atoms. The Kier molecular flexibility index (Phi) is 6.66. The predicted octanol–water partition coefficient (Wildman–Crippen LogP) is 1.11. The van der Waals surface area contributed by atoms with Crippen molar-refractivity contribution in [2.45, 2.75) is 39.3 Å². The van der Waals surface area contributed by atoms with Gasteiger partial charge in [0.15, 0.2) is 5.96 Å². The number of benzene rings is 1. The van der Waals surface area contributed by atoms with Gasteiger partial charge in [0, 0.05) is 50.8 Å². The summed E-state index contributed by atoms with van der Waals surface area (Å²) in [5, 5.41) is 6.44. The van der Waals surface area contributed by atoms with E-state index in [0.29, 0.717) is 45.2 Å². The maximum Gasteiger partial charge on any atom is 0.214 e. The highest BCUT2D eigenvalue weighted by Gasteiger charge is 2.27. The van der Waals surface area contributed by atoms with Crippen molar-refractivity contribution in [1.82, 2.24) is 14.9 Å². The lowest BCUT2D eigenvalue weighted by atomic mass is 10.1. The molecule has 1 atom stereocenters. The van der Waals surface area contributed by atoms with E-state index < -0.39 is 10.0 Å². The molecule has 1 saturated heterocycles. The van der Waals surface area contributed by atoms with Crippen LogP contribution in [0.5, 0.6) is 11.5 Å². The summed E-state index contributed by atoms with van der Waals surface area (Å²) in [6.07, 6.45) is 1.78. The van der Waals surface area contributed by atoms with Crippen LogP contribution < -0.4 is 20.1 Å². The highest BCUT2D eigenvalue weighted by molar-refractivity contribution is 7.89. The van der Waals surface area contributed by atoms with E-state index in [-0.39, 0.29) is 11.9 Å². The van der Waals surface area contributed by atoms with Crippen LogP contribution in [0.15, 0.2) is 17.1 Å². The molecular formula is C19H30N4O4S. The van der Waals surface area contributed by atoms with Crippen molar-refractivity contribution < 1.29 is 17.9 Å². The lowest BCUT2D eigenvalue weighted by molar-refractivity contribution is 0.254. The van der Waals surface area contributed by atoms with Crippen LogP contribution in [0, 0.1) is 0 Å². The maximum absolute atomic E-state index is 11.9. The van der Waals surface area contributed by atoms with E-state index in [0.717, 1.165) is 23.5 Å². The molecule has 1 unspecified atom stereocenters. The summed E-state index contributed by atoms with van der Waals surface area (Å²) in [6.45, 7) is 6.70. The summed E-state index contributed by atoms with van der Waals surface area (Å²) in [4.78, 5) is 4.22. The van der Waals surface area contributed by atoms with E-state index in [9.17, 15) is 8.42 Å². The Labute approximate surface area is 167 Å². The normalized spacial score (nSPS) is 21.2. The molecule has 2 N–H and O–H groups in total. The van der Waals surface area contributed by atoms with Crippen LogP contribution in [-0.4, -0.2) is 63.8 Å². The summed E-state index contributed by atoms with van der Waals surface area (Å²) in [5.41, 5.74) is 2.17. The van der Waals surface area contributed by atoms with Crippen molar-refractivity contribution in [3.05, 3.63) is 23.3 Å². The first-order valence-corrected chi connectivity index (χ1v) is 11.4. The van der Waals surface area contributed by atoms with Gasteiger partial charge in [-0.05, 0) is 32.4 Å². The van der Waals surface area contributed by atoms with E-state index in [1.807, 2.05) is 13.0 Å². The van der Waals surface area contributed by atoms with Crippen LogP contribution >= 0.6 is 0 Å². The van der Waals surface area contributed by atoms with Crippen molar-refractivity contribution in [3.63, 3.8) is 0 Å². The number of hydrogen-bond acceptors (Lipinski definition) is 5. The number of nitrogens with one attached hydrogen (secondary N) is 2. The van der Waals surface area contributed by atoms with E-state index >= 15 is 0 Å². The number of ether oxygens (including phenoxy) is 2. The first-order valence-electron chi connectivity index (χ1n) is 9.80. The number of sulfonamides is 1. The highest BCUT2D eigenvalue weighted by Crippen LogP contribution is 2.35. The molecule has 2 aliphatic rings. The molecule has 0 aliphatic carbocycles. The van der Waals surface area contributed by atoms with Crippen LogP contribution in [0.3, 0.4) is 0 Å². The van der Waals surface area contributed by atoms with E-state index in [2.05, 4.69) is 28.6 Å². The Bertz CT molecular complexity index is 825. The van der Waals surface area contributed by atoms with Crippen molar-refractivity contribution in [1.29, 1.82) is 0 Å². The monoisotopic (exact) mass is 410 g/mol. The van der Waals surface area contributed by atoms with Crippen LogP contribution in [0.2, 0.25) is 0 Å². The van der Waals surface area contributed by atoms with Crippen molar-refractivity contribution in [2.24, 2.45) is 4.99 Å². The summed E-state index contributed by atoms with van der Waals surface area (Å²) in [5.74, 6) is 2.63. The van der Waals surface area contributed by atoms with Gasteiger partial charge in [0.25, 0.3) is 0 Å². The Morgan fingerprint density at radius 2 is 2.21 bits per heavy atom. The molecule has 1 fully saturated rings. The van der Waals surface area contributed by atoms with Crippen LogP contribution in [0.1, 0.15) is 31.4 Å². The summed E-state index contributed by atoms with van der Waals surface area (Å²) < 4.78 is 36.9. The van der Waals surface area contributed by atoms with Crippen LogP contribution in [0.25, 0.3) is 0 Å². The Morgan fingerprint density at radius 1 is 1.39 bits per heavy atom. The Hall–Kier alpha value is -2.00. The Morgan fingerprint density at radius 3 is 2.89 bits per heavy atom. The quantitative estimate of drug-likeness (QED) is 0.517. The second kappa shape index (κ2) is 9.00. The molecule has 0 radical (unpaired) electrons. The maximum atomic E-state index is 11.9. The van der Waals surface area contributed by atoms with Crippen LogP contribution in [0.4, 0.5) is 0 Å². The minimum atomic E-state index is -3.07. The fourth-order valence-corrected chi connectivity index (χ4v) is 5.08. The SMILES string of the molecule is CCOc1cc2c(cc1CNC(=NC)NCCN1CCCS1(=O)=O)OC(C)C2. The highest BCUT2D eigenvalue weighted by atomic mass is 32.2. The minimum Gasteiger partial charge on any atom is -0.494 e. The van der Waals surface area contributed by atoms with Gasteiger partial charge in [-0.1, -0.05) is 0 Å². The third-order valence-corrected chi connectivity index (χ3v) is 6.86. The Balaban J connectivity index is 1.57. The summed E-state index contributed by atoms with van der Waals surface area (Å²) in [6, 6.07) is 4.09. The number of guanidine groups is 1. The number of aliphatic imine (C=N–C) groups is 1. The lowest BCUT2D eigenvalue weighted by Gasteiger charge is -2.17. The largest absolute Gasteiger partial charge is 0.494 e. The van der Waals surface area contributed by atoms with Gasteiger partial charge in [-0.15, -0.1) is 0 Å². The van der Waals surface area contributed by atoms with Gasteiger partial charge in [-0.2, -0.15) is 0 Å². The van der Waals surface area contributed by atoms with Crippen LogP contribution in [-0.2, 0) is 23.0 Å². The molecule has 0 amide bonds. The summed E-state index contributed by atoms with van der Waals surface area (Å²) in [7, 11) is -1.37. The smallest absolute Gasteiger partial charge is 0.214 e. The zero-order chi connectivity index (χ0) is 20.1. The first kappa shape index (κ1) is 20.7. The second-order valence-corrected chi connectivity index (χ2v) is 9.14. The number of fused-ring (bicyclic) bond motifs is 1. The predicted molar refractivity (Wildman–Crippen MR) is 110 cm³/mol. The van der Waals surface area contributed by atoms with Gasteiger partial charge in [0.2, 0.25) is 10.0 Å². The molecule has 9 heteroatoms. The zero-order valence-electron chi connectivity index (χ0n) is 16.8. The fourth-order valence-electron chi connectivity index (χ4n) is 3.55. The second-order valence-electron chi connectivity index (χ2n) is 7.05. The van der Waals surface area contributed by atoms with Crippen molar-refractivity contribution in [3.8, 4) is 11.5 Å². The molecule has 0 bridgehead atoms. The topological polar surface area (TPSA) is 92.3 Å². The molecule has 2 aliphatic heterocycles. The molecule has 3 rings (SSSR count). The van der Waals surface area contributed by atoms with Gasteiger partial charge >= 0.3 is 0 Å². The number of nitrogens with zero attached hydrogens (tertiary/aromatic N) is 2. The third-order valence-electron chi connectivity index (χ3n) is 4.91. The average molecular weight is 411 g/mol. The van der Waals surface area contributed by atoms with Gasteiger partial charge in [-0.25, -0.2) is 12.7 Å². The molecule has 0 spiro atoms. The fraction of sp³-hybridized carbons (Fsp3) is 0.632. The molecule has 0 aromatic heterocycles. The molecule has 2 heterocycles. The summed E-state index contributed by atoms with van der Waals surface area (Å²) >= 11 is 0. The molecule has 0 saturated carbocycles. The standard InChI is InChI=1S/C19H30N4O4S/c1-4-26-17-11-15-10-14(2)27-18(15)12-16(17)13-22-19(20-3)21-6-8-23-7-5-9-28(23,24)25/h11-12,14H,4-10,13H2,1-3H3,(H2,20,21,22). The first-order chi connectivity index (χ1) is 13.4. The van der Waals surface area contributed by atoms with Crippen molar-refractivity contribution in [2.75, 3.05) is 39.0 Å². The molecule has 156 valence electrons. The van der Waals surface area contributed by atoms with E-state index in [4.69, 9.17) is 9.47 Å². The average Bonchev–Trinajstić information content (AvgIpc) is 3.18.